The van der Waals surface area contributed by atoms with Crippen LogP contribution in [0.5, 0.6) is 0 Å². The van der Waals surface area contributed by atoms with Crippen molar-refractivity contribution in [3.05, 3.63) is 30.1 Å². The average molecular weight is 444 g/mol. The molecule has 32 heavy (non-hydrogen) atoms. The number of hydrogen-bond acceptors (Lipinski definition) is 5. The smallest absolute Gasteiger partial charge is 0.409 e. The van der Waals surface area contributed by atoms with Crippen molar-refractivity contribution in [2.24, 2.45) is 0 Å². The Morgan fingerprint density at radius 1 is 1.12 bits per heavy atom. The Hall–Kier alpha value is -3.10. The van der Waals surface area contributed by atoms with Gasteiger partial charge in [0.1, 0.15) is 5.82 Å². The SMILES string of the molecule is CCOC(=O)N1CCC(NC(=O)CCCNC(=O)CCCc2nc3ccccc3[nH]2)CC1. The van der Waals surface area contributed by atoms with E-state index in [1.165, 1.54) is 0 Å². The minimum Gasteiger partial charge on any atom is -0.450 e. The quantitative estimate of drug-likeness (QED) is 0.488. The molecule has 0 saturated carbocycles. The van der Waals surface area contributed by atoms with Crippen molar-refractivity contribution in [1.29, 1.82) is 0 Å². The molecule has 174 valence electrons. The van der Waals surface area contributed by atoms with Crippen molar-refractivity contribution >= 4 is 28.9 Å². The number of amides is 3. The van der Waals surface area contributed by atoms with Gasteiger partial charge in [-0.2, -0.15) is 0 Å². The number of benzene rings is 1. The number of fused-ring (bicyclic) bond motifs is 1. The highest BCUT2D eigenvalue weighted by atomic mass is 16.6. The van der Waals surface area contributed by atoms with Gasteiger partial charge in [0.25, 0.3) is 0 Å². The van der Waals surface area contributed by atoms with Crippen molar-refractivity contribution < 1.29 is 19.1 Å². The van der Waals surface area contributed by atoms with Crippen LogP contribution in [-0.2, 0) is 20.7 Å². The summed E-state index contributed by atoms with van der Waals surface area (Å²) in [5, 5.41) is 5.90. The van der Waals surface area contributed by atoms with Gasteiger partial charge >= 0.3 is 6.09 Å². The van der Waals surface area contributed by atoms with Crippen LogP contribution in [0, 0.1) is 0 Å². The van der Waals surface area contributed by atoms with Crippen molar-refractivity contribution in [3.8, 4) is 0 Å². The topological polar surface area (TPSA) is 116 Å². The Morgan fingerprint density at radius 2 is 1.88 bits per heavy atom. The summed E-state index contributed by atoms with van der Waals surface area (Å²) < 4.78 is 5.00. The number of carbonyl (C=O) groups excluding carboxylic acids is 3. The van der Waals surface area contributed by atoms with E-state index < -0.39 is 0 Å². The Bertz CT molecular complexity index is 872. The van der Waals surface area contributed by atoms with Gasteiger partial charge in [0.05, 0.1) is 17.6 Å². The molecule has 0 atom stereocenters. The third kappa shape index (κ3) is 7.25. The molecule has 1 saturated heterocycles. The monoisotopic (exact) mass is 443 g/mol. The summed E-state index contributed by atoms with van der Waals surface area (Å²) in [6, 6.07) is 7.95. The molecule has 3 N–H and O–H groups in total. The number of aryl methyl sites for hydroxylation is 1. The van der Waals surface area contributed by atoms with Crippen LogP contribution in [0.15, 0.2) is 24.3 Å². The van der Waals surface area contributed by atoms with Crippen LogP contribution in [0.1, 0.15) is 51.3 Å². The summed E-state index contributed by atoms with van der Waals surface area (Å²) in [5.41, 5.74) is 1.95. The molecule has 1 aromatic carbocycles. The second kappa shape index (κ2) is 12.1. The number of para-hydroxylation sites is 2. The van der Waals surface area contributed by atoms with Crippen molar-refractivity contribution in [1.82, 2.24) is 25.5 Å². The molecule has 1 fully saturated rings. The Balaban J connectivity index is 1.22. The van der Waals surface area contributed by atoms with Crippen LogP contribution in [0.25, 0.3) is 11.0 Å². The number of ether oxygens (including phenoxy) is 1. The van der Waals surface area contributed by atoms with Gasteiger partial charge in [-0.25, -0.2) is 9.78 Å². The number of imidazole rings is 1. The van der Waals surface area contributed by atoms with Crippen LogP contribution in [0.4, 0.5) is 4.79 Å². The fourth-order valence-electron chi connectivity index (χ4n) is 3.83. The largest absolute Gasteiger partial charge is 0.450 e. The predicted octanol–water partition coefficient (Wildman–Crippen LogP) is 2.52. The molecule has 3 rings (SSSR count). The highest BCUT2D eigenvalue weighted by Gasteiger charge is 2.24. The fourth-order valence-corrected chi connectivity index (χ4v) is 3.83. The summed E-state index contributed by atoms with van der Waals surface area (Å²) >= 11 is 0. The number of likely N-dealkylation sites (tertiary alicyclic amines) is 1. The molecule has 0 aliphatic carbocycles. The van der Waals surface area contributed by atoms with Gasteiger partial charge in [-0.3, -0.25) is 9.59 Å². The molecular formula is C23H33N5O4. The summed E-state index contributed by atoms with van der Waals surface area (Å²) in [5.74, 6) is 0.871. The zero-order valence-corrected chi connectivity index (χ0v) is 18.7. The second-order valence-electron chi connectivity index (χ2n) is 8.04. The highest BCUT2D eigenvalue weighted by molar-refractivity contribution is 5.77. The lowest BCUT2D eigenvalue weighted by molar-refractivity contribution is -0.123. The summed E-state index contributed by atoms with van der Waals surface area (Å²) in [6.07, 6.45) is 4.02. The number of piperidine rings is 1. The summed E-state index contributed by atoms with van der Waals surface area (Å²) in [7, 11) is 0. The zero-order chi connectivity index (χ0) is 22.8. The van der Waals surface area contributed by atoms with Crippen molar-refractivity contribution in [2.45, 2.75) is 57.9 Å². The molecule has 2 aromatic rings. The number of aromatic amines is 1. The molecule has 3 amide bonds. The molecule has 1 aliphatic rings. The van der Waals surface area contributed by atoms with Crippen LogP contribution >= 0.6 is 0 Å². The van der Waals surface area contributed by atoms with Gasteiger partial charge in [-0.1, -0.05) is 12.1 Å². The minimum atomic E-state index is -0.286. The average Bonchev–Trinajstić information content (AvgIpc) is 3.20. The lowest BCUT2D eigenvalue weighted by Crippen LogP contribution is -2.46. The van der Waals surface area contributed by atoms with Gasteiger partial charge < -0.3 is 25.3 Å². The van der Waals surface area contributed by atoms with Gasteiger partial charge in [0.15, 0.2) is 0 Å². The van der Waals surface area contributed by atoms with E-state index in [0.29, 0.717) is 45.5 Å². The number of aromatic nitrogens is 2. The first-order valence-electron chi connectivity index (χ1n) is 11.5. The van der Waals surface area contributed by atoms with E-state index in [1.807, 2.05) is 24.3 Å². The number of hydrogen-bond donors (Lipinski definition) is 3. The Kier molecular flexibility index (Phi) is 8.89. The molecule has 2 heterocycles. The number of H-pyrrole nitrogens is 1. The highest BCUT2D eigenvalue weighted by Crippen LogP contribution is 2.13. The zero-order valence-electron chi connectivity index (χ0n) is 18.7. The second-order valence-corrected chi connectivity index (χ2v) is 8.04. The number of carbonyl (C=O) groups is 3. The molecule has 9 heteroatoms. The third-order valence-electron chi connectivity index (χ3n) is 5.54. The van der Waals surface area contributed by atoms with E-state index in [4.69, 9.17) is 4.74 Å². The predicted molar refractivity (Wildman–Crippen MR) is 121 cm³/mol. The standard InChI is InChI=1S/C23H33N5O4/c1-2-32-23(31)28-15-12-17(13-16-28)25-22(30)11-6-14-24-21(29)10-5-9-20-26-18-7-3-4-8-19(18)27-20/h3-4,7-8,17H,2,5-6,9-16H2,1H3,(H,24,29)(H,25,30)(H,26,27). The summed E-state index contributed by atoms with van der Waals surface area (Å²) in [6.45, 7) is 3.82. The van der Waals surface area contributed by atoms with Crippen LogP contribution in [0.2, 0.25) is 0 Å². The van der Waals surface area contributed by atoms with E-state index in [0.717, 1.165) is 42.5 Å². The van der Waals surface area contributed by atoms with Gasteiger partial charge in [0, 0.05) is 44.9 Å². The maximum absolute atomic E-state index is 12.1. The molecule has 9 nitrogen and oxygen atoms in total. The lowest BCUT2D eigenvalue weighted by Gasteiger charge is -2.31. The Labute approximate surface area is 188 Å². The fraction of sp³-hybridized carbons (Fsp3) is 0.565. The number of nitrogens with zero attached hydrogens (tertiary/aromatic N) is 2. The first kappa shape index (κ1) is 23.6. The lowest BCUT2D eigenvalue weighted by atomic mass is 10.1. The molecular weight excluding hydrogens is 410 g/mol. The first-order chi connectivity index (χ1) is 15.5. The minimum absolute atomic E-state index is 0.00661. The molecule has 1 aromatic heterocycles. The third-order valence-corrected chi connectivity index (χ3v) is 5.54. The van der Waals surface area contributed by atoms with E-state index in [-0.39, 0.29) is 23.9 Å². The summed E-state index contributed by atoms with van der Waals surface area (Å²) in [4.78, 5) is 45.3. The Morgan fingerprint density at radius 3 is 2.62 bits per heavy atom. The van der Waals surface area contributed by atoms with Gasteiger partial charge in [-0.05, 0) is 44.7 Å². The van der Waals surface area contributed by atoms with Gasteiger partial charge in [0.2, 0.25) is 11.8 Å². The number of nitrogens with one attached hydrogen (secondary N) is 3. The normalized spacial score (nSPS) is 14.3. The van der Waals surface area contributed by atoms with E-state index in [1.54, 1.807) is 11.8 Å². The molecule has 0 bridgehead atoms. The molecule has 0 unspecified atom stereocenters. The van der Waals surface area contributed by atoms with Gasteiger partial charge in [-0.15, -0.1) is 0 Å². The van der Waals surface area contributed by atoms with E-state index in [2.05, 4.69) is 20.6 Å². The van der Waals surface area contributed by atoms with Crippen LogP contribution in [-0.4, -0.2) is 65.1 Å². The van der Waals surface area contributed by atoms with Crippen LogP contribution in [0.3, 0.4) is 0 Å². The van der Waals surface area contributed by atoms with Crippen LogP contribution < -0.4 is 10.6 Å². The van der Waals surface area contributed by atoms with Crippen molar-refractivity contribution in [2.75, 3.05) is 26.2 Å². The van der Waals surface area contributed by atoms with E-state index >= 15 is 0 Å². The molecule has 1 aliphatic heterocycles. The molecule has 0 spiro atoms. The molecule has 0 radical (unpaired) electrons. The van der Waals surface area contributed by atoms with E-state index in [9.17, 15) is 14.4 Å². The number of rotatable bonds is 10. The maximum Gasteiger partial charge on any atom is 0.409 e. The first-order valence-corrected chi connectivity index (χ1v) is 11.5. The van der Waals surface area contributed by atoms with Crippen molar-refractivity contribution in [3.63, 3.8) is 0 Å². The maximum atomic E-state index is 12.1.